The predicted molar refractivity (Wildman–Crippen MR) is 91.2 cm³/mol. The first-order valence-corrected chi connectivity index (χ1v) is 7.63. The van der Waals surface area contributed by atoms with Gasteiger partial charge in [0.25, 0.3) is 5.91 Å². The van der Waals surface area contributed by atoms with Crippen molar-refractivity contribution in [2.24, 2.45) is 0 Å². The minimum Gasteiger partial charge on any atom is -0.455 e. The Hall–Kier alpha value is -2.66. The van der Waals surface area contributed by atoms with Gasteiger partial charge in [0.2, 0.25) is 0 Å². The van der Waals surface area contributed by atoms with Crippen LogP contribution in [-0.2, 0) is 20.7 Å². The molecule has 0 saturated carbocycles. The molecule has 0 aromatic heterocycles. The molecule has 1 N–H and O–H groups in total. The number of carbonyl (C=O) groups is 3. The van der Waals surface area contributed by atoms with E-state index in [9.17, 15) is 14.4 Å². The molecule has 5 nitrogen and oxygen atoms in total. The van der Waals surface area contributed by atoms with Gasteiger partial charge < -0.3 is 10.1 Å². The van der Waals surface area contributed by atoms with Crippen LogP contribution in [0.5, 0.6) is 0 Å². The van der Waals surface area contributed by atoms with Gasteiger partial charge in [-0.15, -0.1) is 0 Å². The number of amides is 1. The van der Waals surface area contributed by atoms with E-state index in [2.05, 4.69) is 5.32 Å². The number of hydrogen-bond acceptors (Lipinski definition) is 4. The van der Waals surface area contributed by atoms with Crippen LogP contribution in [0, 0.1) is 0 Å². The summed E-state index contributed by atoms with van der Waals surface area (Å²) >= 11 is 5.96. The van der Waals surface area contributed by atoms with Crippen LogP contribution in [0.2, 0.25) is 5.02 Å². The van der Waals surface area contributed by atoms with Crippen molar-refractivity contribution in [1.82, 2.24) is 0 Å². The molecule has 0 bridgehead atoms. The lowest BCUT2D eigenvalue weighted by Gasteiger charge is -2.08. The molecule has 2 aromatic rings. The maximum absolute atomic E-state index is 11.8. The van der Waals surface area contributed by atoms with Crippen molar-refractivity contribution in [2.75, 3.05) is 11.9 Å². The Bertz CT molecular complexity index is 756. The predicted octanol–water partition coefficient (Wildman–Crippen LogP) is 3.27. The van der Waals surface area contributed by atoms with Gasteiger partial charge in [-0.05, 0) is 42.8 Å². The molecular weight excluding hydrogens is 330 g/mol. The third-order valence-electron chi connectivity index (χ3n) is 3.23. The van der Waals surface area contributed by atoms with Crippen LogP contribution < -0.4 is 5.32 Å². The second-order valence-electron chi connectivity index (χ2n) is 5.11. The number of carbonyl (C=O) groups excluding carboxylic acids is 3. The second-order valence-corrected chi connectivity index (χ2v) is 5.52. The number of benzene rings is 2. The first-order valence-electron chi connectivity index (χ1n) is 7.25. The minimum absolute atomic E-state index is 0.000260. The number of esters is 1. The van der Waals surface area contributed by atoms with Crippen molar-refractivity contribution in [3.63, 3.8) is 0 Å². The summed E-state index contributed by atoms with van der Waals surface area (Å²) in [6.45, 7) is 1.07. The molecule has 2 rings (SSSR count). The van der Waals surface area contributed by atoms with Gasteiger partial charge in [-0.25, -0.2) is 0 Å². The minimum atomic E-state index is -0.537. The smallest absolute Gasteiger partial charge is 0.310 e. The van der Waals surface area contributed by atoms with Gasteiger partial charge in [-0.2, -0.15) is 0 Å². The number of hydrogen-bond donors (Lipinski definition) is 1. The van der Waals surface area contributed by atoms with Crippen molar-refractivity contribution in [3.05, 3.63) is 64.7 Å². The van der Waals surface area contributed by atoms with Crippen molar-refractivity contribution in [2.45, 2.75) is 13.3 Å². The van der Waals surface area contributed by atoms with E-state index in [1.54, 1.807) is 48.5 Å². The van der Waals surface area contributed by atoms with Crippen LogP contribution in [0.25, 0.3) is 0 Å². The normalized spacial score (nSPS) is 10.1. The fourth-order valence-electron chi connectivity index (χ4n) is 1.98. The number of ketones is 1. The van der Waals surface area contributed by atoms with Gasteiger partial charge >= 0.3 is 5.97 Å². The molecule has 0 spiro atoms. The molecule has 2 aromatic carbocycles. The summed E-state index contributed by atoms with van der Waals surface area (Å²) in [4.78, 5) is 34.7. The molecule has 0 atom stereocenters. The lowest BCUT2D eigenvalue weighted by Crippen LogP contribution is -2.21. The molecular formula is C18H16ClNO4. The Morgan fingerprint density at radius 2 is 1.71 bits per heavy atom. The van der Waals surface area contributed by atoms with Crippen molar-refractivity contribution in [1.29, 1.82) is 0 Å². The van der Waals surface area contributed by atoms with Gasteiger partial charge in [-0.3, -0.25) is 14.4 Å². The Labute approximate surface area is 144 Å². The van der Waals surface area contributed by atoms with Crippen molar-refractivity contribution >= 4 is 34.9 Å². The lowest BCUT2D eigenvalue weighted by atomic mass is 10.1. The number of anilines is 1. The van der Waals surface area contributed by atoms with Gasteiger partial charge in [-0.1, -0.05) is 29.8 Å². The van der Waals surface area contributed by atoms with Crippen LogP contribution >= 0.6 is 11.6 Å². The molecule has 0 aliphatic rings. The van der Waals surface area contributed by atoms with E-state index >= 15 is 0 Å². The SMILES string of the molecule is CC(=O)c1ccc(NC(=O)COC(=O)Cc2ccccc2Cl)cc1. The highest BCUT2D eigenvalue weighted by Gasteiger charge is 2.11. The van der Waals surface area contributed by atoms with Crippen LogP contribution in [0.15, 0.2) is 48.5 Å². The molecule has 0 unspecified atom stereocenters. The Morgan fingerprint density at radius 3 is 2.33 bits per heavy atom. The number of halogens is 1. The first kappa shape index (κ1) is 17.7. The fourth-order valence-corrected chi connectivity index (χ4v) is 2.18. The second kappa shape index (κ2) is 8.26. The summed E-state index contributed by atoms with van der Waals surface area (Å²) < 4.78 is 4.93. The third kappa shape index (κ3) is 5.21. The van der Waals surface area contributed by atoms with E-state index < -0.39 is 18.5 Å². The molecule has 0 fully saturated rings. The van der Waals surface area contributed by atoms with Gasteiger partial charge in [0, 0.05) is 16.3 Å². The van der Waals surface area contributed by atoms with Gasteiger partial charge in [0.15, 0.2) is 12.4 Å². The van der Waals surface area contributed by atoms with E-state index in [1.165, 1.54) is 6.92 Å². The summed E-state index contributed by atoms with van der Waals surface area (Å²) in [5, 5.41) is 3.06. The maximum Gasteiger partial charge on any atom is 0.310 e. The number of rotatable bonds is 6. The monoisotopic (exact) mass is 345 g/mol. The lowest BCUT2D eigenvalue weighted by molar-refractivity contribution is -0.146. The molecule has 24 heavy (non-hydrogen) atoms. The van der Waals surface area contributed by atoms with Gasteiger partial charge in [0.05, 0.1) is 6.42 Å². The summed E-state index contributed by atoms with van der Waals surface area (Å²) in [6.07, 6.45) is 0.000260. The molecule has 6 heteroatoms. The maximum atomic E-state index is 11.8. The summed E-state index contributed by atoms with van der Waals surface area (Å²) in [6, 6.07) is 13.4. The zero-order valence-corrected chi connectivity index (χ0v) is 13.8. The first-order chi connectivity index (χ1) is 11.5. The number of Topliss-reactive ketones (excluding diaryl/α,β-unsaturated/α-hetero) is 1. The molecule has 0 aliphatic carbocycles. The zero-order valence-electron chi connectivity index (χ0n) is 13.0. The Morgan fingerprint density at radius 1 is 1.04 bits per heavy atom. The molecule has 0 aliphatic heterocycles. The van der Waals surface area contributed by atoms with E-state index in [1.807, 2.05) is 0 Å². The molecule has 1 amide bonds. The average molecular weight is 346 g/mol. The number of ether oxygens (including phenoxy) is 1. The van der Waals surface area contributed by atoms with Crippen molar-refractivity contribution in [3.8, 4) is 0 Å². The largest absolute Gasteiger partial charge is 0.455 e. The highest BCUT2D eigenvalue weighted by molar-refractivity contribution is 6.31. The number of nitrogens with one attached hydrogen (secondary N) is 1. The highest BCUT2D eigenvalue weighted by atomic mass is 35.5. The summed E-state index contributed by atoms with van der Waals surface area (Å²) in [5.41, 5.74) is 1.72. The fraction of sp³-hybridized carbons (Fsp3) is 0.167. The molecule has 124 valence electrons. The van der Waals surface area contributed by atoms with Crippen LogP contribution in [0.4, 0.5) is 5.69 Å². The van der Waals surface area contributed by atoms with Crippen molar-refractivity contribution < 1.29 is 19.1 Å². The standard InChI is InChI=1S/C18H16ClNO4/c1-12(21)13-6-8-15(9-7-13)20-17(22)11-24-18(23)10-14-4-2-3-5-16(14)19/h2-9H,10-11H2,1H3,(H,20,22). The average Bonchev–Trinajstić information content (AvgIpc) is 2.55. The van der Waals surface area contributed by atoms with E-state index in [-0.39, 0.29) is 12.2 Å². The van der Waals surface area contributed by atoms with Crippen LogP contribution in [0.3, 0.4) is 0 Å². The van der Waals surface area contributed by atoms with E-state index in [0.29, 0.717) is 21.8 Å². The quantitative estimate of drug-likeness (QED) is 0.644. The van der Waals surface area contributed by atoms with Crippen LogP contribution in [-0.4, -0.2) is 24.3 Å². The Balaban J connectivity index is 1.81. The zero-order chi connectivity index (χ0) is 17.5. The highest BCUT2D eigenvalue weighted by Crippen LogP contribution is 2.15. The molecule has 0 heterocycles. The van der Waals surface area contributed by atoms with E-state index in [0.717, 1.165) is 0 Å². The molecule has 0 radical (unpaired) electrons. The molecule has 0 saturated heterocycles. The third-order valence-corrected chi connectivity index (χ3v) is 3.60. The summed E-state index contributed by atoms with van der Waals surface area (Å²) in [7, 11) is 0. The topological polar surface area (TPSA) is 72.5 Å². The van der Waals surface area contributed by atoms with Gasteiger partial charge in [0.1, 0.15) is 0 Å². The summed E-state index contributed by atoms with van der Waals surface area (Å²) in [5.74, 6) is -1.05. The van der Waals surface area contributed by atoms with Crippen LogP contribution in [0.1, 0.15) is 22.8 Å². The Kier molecular flexibility index (Phi) is 6.09. The van der Waals surface area contributed by atoms with E-state index in [4.69, 9.17) is 16.3 Å².